The van der Waals surface area contributed by atoms with Crippen molar-refractivity contribution in [2.45, 2.75) is 26.2 Å². The van der Waals surface area contributed by atoms with Crippen LogP contribution in [-0.4, -0.2) is 91.6 Å². The van der Waals surface area contributed by atoms with E-state index in [4.69, 9.17) is 37.3 Å². The van der Waals surface area contributed by atoms with Gasteiger partial charge in [-0.15, -0.1) is 0 Å². The lowest BCUT2D eigenvalue weighted by Crippen LogP contribution is -2.21. The van der Waals surface area contributed by atoms with Gasteiger partial charge in [-0.2, -0.15) is 13.4 Å². The summed E-state index contributed by atoms with van der Waals surface area (Å²) in [6.07, 6.45) is 2.50. The van der Waals surface area contributed by atoms with Crippen LogP contribution in [0.3, 0.4) is 0 Å². The first-order chi connectivity index (χ1) is 27.8. The molecule has 3 N–H and O–H groups in total. The highest BCUT2D eigenvalue weighted by Gasteiger charge is 2.24. The average Bonchev–Trinajstić information content (AvgIpc) is 3.17. The molecule has 0 spiro atoms. The van der Waals surface area contributed by atoms with Gasteiger partial charge >= 0.3 is 16.1 Å². The highest BCUT2D eigenvalue weighted by molar-refractivity contribution is 7.86. The average molecular weight is 820 g/mol. The fourth-order valence-electron chi connectivity index (χ4n) is 5.54. The van der Waals surface area contributed by atoms with Gasteiger partial charge < -0.3 is 53.3 Å². The Morgan fingerprint density at radius 1 is 0.741 bits per heavy atom. The smallest absolute Gasteiger partial charge is 0.323 e. The number of methoxy groups -OCH3 is 3. The van der Waals surface area contributed by atoms with Crippen LogP contribution in [0.5, 0.6) is 34.6 Å². The Morgan fingerprint density at radius 2 is 1.43 bits per heavy atom. The molecule has 16 nitrogen and oxygen atoms in total. The van der Waals surface area contributed by atoms with Crippen molar-refractivity contribution in [3.8, 4) is 34.6 Å². The SMILES string of the molecule is COCCOCCOCCOc1cc(Nc2nccc(Oc3ccc(NC(=O)Nc4cc(C(C)(C)C)cc(OS(C)(=O)=O)c4OC)c4ccccc34)n2)cc(OC)c1. The van der Waals surface area contributed by atoms with E-state index in [2.05, 4.69) is 25.9 Å². The van der Waals surface area contributed by atoms with Crippen molar-refractivity contribution >= 4 is 49.9 Å². The molecule has 0 saturated heterocycles. The Kier molecular flexibility index (Phi) is 14.9. The number of fused-ring (bicyclic) bond motifs is 1. The summed E-state index contributed by atoms with van der Waals surface area (Å²) < 4.78 is 68.4. The maximum absolute atomic E-state index is 13.5. The second kappa shape index (κ2) is 20.0. The van der Waals surface area contributed by atoms with E-state index in [9.17, 15) is 13.2 Å². The number of nitrogens with zero attached hydrogens (tertiary/aromatic N) is 2. The van der Waals surface area contributed by atoms with E-state index in [1.807, 2.05) is 45.0 Å². The van der Waals surface area contributed by atoms with Crippen molar-refractivity contribution < 1.29 is 50.6 Å². The summed E-state index contributed by atoms with van der Waals surface area (Å²) in [6.45, 7) is 8.52. The van der Waals surface area contributed by atoms with Crippen molar-refractivity contribution in [3.05, 3.63) is 84.6 Å². The molecule has 0 bridgehead atoms. The number of carbonyl (C=O) groups excluding carboxylic acids is 1. The third-order valence-electron chi connectivity index (χ3n) is 8.26. The van der Waals surface area contributed by atoms with Crippen LogP contribution in [0.4, 0.5) is 27.8 Å². The molecule has 4 aromatic carbocycles. The number of rotatable bonds is 20. The summed E-state index contributed by atoms with van der Waals surface area (Å²) in [7, 11) is 0.657. The number of carbonyl (C=O) groups is 1. The van der Waals surface area contributed by atoms with Crippen molar-refractivity contribution in [1.29, 1.82) is 0 Å². The van der Waals surface area contributed by atoms with Crippen molar-refractivity contribution in [3.63, 3.8) is 0 Å². The van der Waals surface area contributed by atoms with Gasteiger partial charge in [0.05, 0.1) is 64.9 Å². The van der Waals surface area contributed by atoms with E-state index in [-0.39, 0.29) is 29.0 Å². The quantitative estimate of drug-likeness (QED) is 0.0517. The normalized spacial score (nSPS) is 11.5. The molecule has 0 unspecified atom stereocenters. The number of aromatic nitrogens is 2. The Hall–Kier alpha value is -5.88. The molecule has 1 aromatic heterocycles. The van der Waals surface area contributed by atoms with Crippen LogP contribution in [0.15, 0.2) is 79.0 Å². The maximum atomic E-state index is 13.5. The lowest BCUT2D eigenvalue weighted by Gasteiger charge is -2.23. The van der Waals surface area contributed by atoms with Gasteiger partial charge in [0.25, 0.3) is 0 Å². The molecular formula is C41H49N5O11S. The molecule has 5 rings (SSSR count). The van der Waals surface area contributed by atoms with E-state index in [1.165, 1.54) is 7.11 Å². The minimum Gasteiger partial charge on any atom is -0.497 e. The Bertz CT molecular complexity index is 2280. The fraction of sp³-hybridized carbons (Fsp3) is 0.341. The van der Waals surface area contributed by atoms with Crippen molar-refractivity contribution in [1.82, 2.24) is 9.97 Å². The summed E-state index contributed by atoms with van der Waals surface area (Å²) in [5.41, 5.74) is 1.64. The van der Waals surface area contributed by atoms with Crippen LogP contribution in [0.2, 0.25) is 0 Å². The molecule has 17 heteroatoms. The molecule has 0 radical (unpaired) electrons. The summed E-state index contributed by atoms with van der Waals surface area (Å²) in [6, 6.07) is 20.5. The summed E-state index contributed by atoms with van der Waals surface area (Å²) in [5.74, 6) is 2.15. The lowest BCUT2D eigenvalue weighted by atomic mass is 9.86. The molecule has 5 aromatic rings. The van der Waals surface area contributed by atoms with Crippen LogP contribution in [0, 0.1) is 0 Å². The molecule has 1 heterocycles. The molecule has 2 amide bonds. The van der Waals surface area contributed by atoms with E-state index in [0.29, 0.717) is 84.6 Å². The van der Waals surface area contributed by atoms with E-state index < -0.39 is 21.6 Å². The zero-order valence-corrected chi connectivity index (χ0v) is 34.4. The Balaban J connectivity index is 1.28. The summed E-state index contributed by atoms with van der Waals surface area (Å²) in [5, 5.41) is 10.2. The van der Waals surface area contributed by atoms with Gasteiger partial charge in [0, 0.05) is 54.0 Å². The number of urea groups is 1. The number of benzene rings is 4. The standard InChI is InChI=1S/C41H49N5O11S/c1-41(2,3)27-22-34(38(52-6)36(23-27)57-58(7,48)49)45-40(47)44-33-12-13-35(32-11-9-8-10-31(32)33)56-37-14-15-42-39(46-37)43-28-24-29(51-5)26-30(25-28)55-21-20-54-19-18-53-17-16-50-4/h8-15,22-26H,16-21H2,1-7H3,(H,42,43,46)(H2,44,45,47). The van der Waals surface area contributed by atoms with E-state index in [0.717, 1.165) is 6.26 Å². The van der Waals surface area contributed by atoms with Crippen LogP contribution in [-0.2, 0) is 29.7 Å². The third-order valence-corrected chi connectivity index (χ3v) is 8.75. The molecule has 58 heavy (non-hydrogen) atoms. The minimum atomic E-state index is -3.90. The molecule has 0 fully saturated rings. The van der Waals surface area contributed by atoms with Crippen LogP contribution in [0.1, 0.15) is 26.3 Å². The molecule has 0 aliphatic rings. The summed E-state index contributed by atoms with van der Waals surface area (Å²) in [4.78, 5) is 22.4. The van der Waals surface area contributed by atoms with Gasteiger partial charge in [-0.25, -0.2) is 9.78 Å². The number of hydrogen-bond acceptors (Lipinski definition) is 14. The maximum Gasteiger partial charge on any atom is 0.323 e. The molecular weight excluding hydrogens is 771 g/mol. The zero-order chi connectivity index (χ0) is 41.7. The van der Waals surface area contributed by atoms with Gasteiger partial charge in [0.2, 0.25) is 11.8 Å². The van der Waals surface area contributed by atoms with Crippen LogP contribution < -0.4 is 39.1 Å². The number of amides is 2. The number of anilines is 4. The Labute approximate surface area is 338 Å². The number of nitrogens with one attached hydrogen (secondary N) is 3. The van der Waals surface area contributed by atoms with Gasteiger partial charge in [-0.1, -0.05) is 45.0 Å². The predicted octanol–water partition coefficient (Wildman–Crippen LogP) is 7.52. The van der Waals surface area contributed by atoms with Gasteiger partial charge in [-0.3, -0.25) is 0 Å². The lowest BCUT2D eigenvalue weighted by molar-refractivity contribution is 0.0179. The Morgan fingerprint density at radius 3 is 2.12 bits per heavy atom. The molecule has 0 saturated carbocycles. The molecule has 310 valence electrons. The number of hydrogen-bond donors (Lipinski definition) is 3. The first kappa shape index (κ1) is 43.2. The second-order valence-corrected chi connectivity index (χ2v) is 15.3. The van der Waals surface area contributed by atoms with Crippen LogP contribution in [0.25, 0.3) is 10.8 Å². The predicted molar refractivity (Wildman–Crippen MR) is 221 cm³/mol. The fourth-order valence-corrected chi connectivity index (χ4v) is 5.99. The van der Waals surface area contributed by atoms with Gasteiger partial charge in [0.1, 0.15) is 23.9 Å². The highest BCUT2D eigenvalue weighted by atomic mass is 32.2. The van der Waals surface area contributed by atoms with Gasteiger partial charge in [-0.05, 0) is 35.2 Å². The molecule has 0 aliphatic heterocycles. The minimum absolute atomic E-state index is 0.0429. The zero-order valence-electron chi connectivity index (χ0n) is 33.5. The van der Waals surface area contributed by atoms with Crippen LogP contribution >= 0.6 is 0 Å². The second-order valence-electron chi connectivity index (χ2n) is 13.7. The number of ether oxygens (including phenoxy) is 7. The molecule has 0 aliphatic carbocycles. The first-order valence-corrected chi connectivity index (χ1v) is 20.0. The van der Waals surface area contributed by atoms with Crippen molar-refractivity contribution in [2.75, 3.05) is 83.2 Å². The molecule has 0 atom stereocenters. The summed E-state index contributed by atoms with van der Waals surface area (Å²) >= 11 is 0. The third kappa shape index (κ3) is 12.6. The van der Waals surface area contributed by atoms with Gasteiger partial charge in [0.15, 0.2) is 11.5 Å². The largest absolute Gasteiger partial charge is 0.497 e. The van der Waals surface area contributed by atoms with E-state index >= 15 is 0 Å². The first-order valence-electron chi connectivity index (χ1n) is 18.2. The monoisotopic (exact) mass is 819 g/mol. The van der Waals surface area contributed by atoms with E-state index in [1.54, 1.807) is 68.9 Å². The topological polar surface area (TPSA) is 187 Å². The highest BCUT2D eigenvalue weighted by Crippen LogP contribution is 2.41. The van der Waals surface area contributed by atoms with Crippen molar-refractivity contribution in [2.24, 2.45) is 0 Å².